The van der Waals surface area contributed by atoms with E-state index in [-0.39, 0.29) is 0 Å². The fourth-order valence-corrected chi connectivity index (χ4v) is 2.09. The Morgan fingerprint density at radius 3 is 2.27 bits per heavy atom. The molecule has 0 saturated carbocycles. The minimum absolute atomic E-state index is 0.296. The first-order valence-corrected chi connectivity index (χ1v) is 6.14. The summed E-state index contributed by atoms with van der Waals surface area (Å²) in [6.07, 6.45) is 0.395. The van der Waals surface area contributed by atoms with Gasteiger partial charge in [-0.3, -0.25) is 9.35 Å². The molecule has 0 heterocycles. The second-order valence-electron chi connectivity index (χ2n) is 3.87. The Hall–Kier alpha value is -0.880. The highest BCUT2D eigenvalue weighted by molar-refractivity contribution is 7.85. The predicted molar refractivity (Wildman–Crippen MR) is 58.1 cm³/mol. The van der Waals surface area contributed by atoms with Crippen LogP contribution in [-0.2, 0) is 14.9 Å². The van der Waals surface area contributed by atoms with Crippen LogP contribution in [0.2, 0.25) is 0 Å². The highest BCUT2D eigenvalue weighted by atomic mass is 32.2. The maximum atomic E-state index is 11.3. The number of amides is 1. The zero-order valence-electron chi connectivity index (χ0n) is 9.20. The molecule has 0 aromatic rings. The van der Waals surface area contributed by atoms with Crippen molar-refractivity contribution in [1.29, 1.82) is 0 Å². The fraction of sp³-hybridized carbons (Fsp3) is 0.667. The molecule has 2 N–H and O–H groups in total. The molecule has 0 aromatic carbocycles. The lowest BCUT2D eigenvalue weighted by atomic mass is 10.0. The van der Waals surface area contributed by atoms with Crippen molar-refractivity contribution in [2.24, 2.45) is 0 Å². The summed E-state index contributed by atoms with van der Waals surface area (Å²) in [7, 11) is -4.11. The molecule has 0 aliphatic rings. The van der Waals surface area contributed by atoms with Gasteiger partial charge in [0.25, 0.3) is 10.1 Å². The average molecular weight is 235 g/mol. The van der Waals surface area contributed by atoms with E-state index >= 15 is 0 Å². The van der Waals surface area contributed by atoms with E-state index in [0.717, 1.165) is 0 Å². The number of rotatable bonds is 5. The summed E-state index contributed by atoms with van der Waals surface area (Å²) in [5.41, 5.74) is -0.672. The molecule has 0 fully saturated rings. The Bertz CT molecular complexity index is 360. The smallest absolute Gasteiger partial charge is 0.267 e. The van der Waals surface area contributed by atoms with E-state index in [1.807, 2.05) is 0 Å². The van der Waals surface area contributed by atoms with E-state index < -0.39 is 27.3 Å². The fourth-order valence-electron chi connectivity index (χ4n) is 1.01. The van der Waals surface area contributed by atoms with E-state index in [1.54, 1.807) is 13.8 Å². The van der Waals surface area contributed by atoms with Crippen LogP contribution < -0.4 is 5.32 Å². The normalized spacial score (nSPS) is 15.5. The lowest BCUT2D eigenvalue weighted by Gasteiger charge is -2.28. The molecule has 6 heteroatoms. The second kappa shape index (κ2) is 4.76. The van der Waals surface area contributed by atoms with Gasteiger partial charge in [-0.15, -0.1) is 0 Å². The van der Waals surface area contributed by atoms with Crippen molar-refractivity contribution >= 4 is 16.0 Å². The zero-order valence-corrected chi connectivity index (χ0v) is 10.0. The van der Waals surface area contributed by atoms with E-state index in [0.29, 0.717) is 12.0 Å². The summed E-state index contributed by atoms with van der Waals surface area (Å²) in [6, 6.07) is 0. The van der Waals surface area contributed by atoms with Crippen molar-refractivity contribution in [1.82, 2.24) is 5.32 Å². The van der Waals surface area contributed by atoms with Gasteiger partial charge in [-0.1, -0.05) is 13.5 Å². The van der Waals surface area contributed by atoms with Crippen molar-refractivity contribution < 1.29 is 17.8 Å². The van der Waals surface area contributed by atoms with Gasteiger partial charge in [0, 0.05) is 5.57 Å². The minimum atomic E-state index is -4.11. The molecule has 0 aliphatic carbocycles. The van der Waals surface area contributed by atoms with Gasteiger partial charge in [-0.05, 0) is 20.3 Å². The molecule has 1 atom stereocenters. The van der Waals surface area contributed by atoms with E-state index in [2.05, 4.69) is 11.9 Å². The molecule has 0 rings (SSSR count). The molecule has 1 amide bonds. The maximum Gasteiger partial charge on any atom is 0.267 e. The number of nitrogens with one attached hydrogen (secondary N) is 1. The lowest BCUT2D eigenvalue weighted by Crippen LogP contribution is -2.50. The van der Waals surface area contributed by atoms with Gasteiger partial charge in [-0.2, -0.15) is 8.42 Å². The summed E-state index contributed by atoms with van der Waals surface area (Å²) >= 11 is 0. The topological polar surface area (TPSA) is 83.5 Å². The molecule has 0 radical (unpaired) electrons. The van der Waals surface area contributed by atoms with Crippen LogP contribution >= 0.6 is 0 Å². The van der Waals surface area contributed by atoms with Crippen LogP contribution in [0.25, 0.3) is 0 Å². The van der Waals surface area contributed by atoms with Crippen molar-refractivity contribution in [3.63, 3.8) is 0 Å². The molecule has 5 nitrogen and oxygen atoms in total. The monoisotopic (exact) mass is 235 g/mol. The highest BCUT2D eigenvalue weighted by Crippen LogP contribution is 2.12. The Kier molecular flexibility index (Phi) is 4.48. The molecule has 88 valence electrons. The molecule has 0 spiro atoms. The molecule has 0 aliphatic heterocycles. The molecule has 0 bridgehead atoms. The highest BCUT2D eigenvalue weighted by Gasteiger charge is 2.29. The molecule has 0 aromatic heterocycles. The van der Waals surface area contributed by atoms with E-state index in [1.165, 1.54) is 6.92 Å². The SMILES string of the molecule is C=C(C)C(=O)NC(C)(CC)CS(=O)(=O)O. The van der Waals surface area contributed by atoms with Crippen LogP contribution in [0.3, 0.4) is 0 Å². The Balaban J connectivity index is 4.73. The third-order valence-electron chi connectivity index (χ3n) is 2.08. The molecular weight excluding hydrogens is 218 g/mol. The Morgan fingerprint density at radius 2 is 2.00 bits per heavy atom. The van der Waals surface area contributed by atoms with Crippen molar-refractivity contribution in [3.05, 3.63) is 12.2 Å². The van der Waals surface area contributed by atoms with Gasteiger partial charge in [-0.25, -0.2) is 0 Å². The first-order chi connectivity index (χ1) is 6.59. The van der Waals surface area contributed by atoms with Crippen molar-refractivity contribution in [2.45, 2.75) is 32.7 Å². The van der Waals surface area contributed by atoms with E-state index in [9.17, 15) is 13.2 Å². The molecular formula is C9H17NO4S. The Morgan fingerprint density at radius 1 is 1.53 bits per heavy atom. The van der Waals surface area contributed by atoms with Crippen LogP contribution in [-0.4, -0.2) is 30.2 Å². The van der Waals surface area contributed by atoms with Crippen molar-refractivity contribution in [3.8, 4) is 0 Å². The summed E-state index contributed by atoms with van der Waals surface area (Å²) in [6.45, 7) is 8.26. The van der Waals surface area contributed by atoms with Gasteiger partial charge in [0.1, 0.15) is 0 Å². The average Bonchev–Trinajstić information content (AvgIpc) is 2.00. The summed E-state index contributed by atoms with van der Waals surface area (Å²) in [5, 5.41) is 2.52. The molecule has 15 heavy (non-hydrogen) atoms. The Labute approximate surface area is 90.3 Å². The standard InChI is InChI=1S/C9H17NO4S/c1-5-9(4,6-15(12,13)14)10-8(11)7(2)3/h2,5-6H2,1,3-4H3,(H,10,11)(H,12,13,14). The van der Waals surface area contributed by atoms with Crippen molar-refractivity contribution in [2.75, 3.05) is 5.75 Å². The van der Waals surface area contributed by atoms with Crippen LogP contribution in [0.5, 0.6) is 0 Å². The van der Waals surface area contributed by atoms with Crippen LogP contribution in [0.15, 0.2) is 12.2 Å². The summed E-state index contributed by atoms with van der Waals surface area (Å²) < 4.78 is 30.2. The largest absolute Gasteiger partial charge is 0.346 e. The third-order valence-corrected chi connectivity index (χ3v) is 3.09. The quantitative estimate of drug-likeness (QED) is 0.543. The van der Waals surface area contributed by atoms with Crippen LogP contribution in [0.1, 0.15) is 27.2 Å². The number of carbonyl (C=O) groups is 1. The van der Waals surface area contributed by atoms with Crippen LogP contribution in [0, 0.1) is 0 Å². The third kappa shape index (κ3) is 5.54. The number of hydrogen-bond donors (Lipinski definition) is 2. The molecule has 1 unspecified atom stereocenters. The first kappa shape index (κ1) is 14.1. The first-order valence-electron chi connectivity index (χ1n) is 4.53. The predicted octanol–water partition coefficient (Wildman–Crippen LogP) is 0.735. The summed E-state index contributed by atoms with van der Waals surface area (Å²) in [5.74, 6) is -0.918. The van der Waals surface area contributed by atoms with Gasteiger partial charge < -0.3 is 5.32 Å². The zero-order chi connectivity index (χ0) is 12.3. The number of hydrogen-bond acceptors (Lipinski definition) is 3. The number of carbonyl (C=O) groups excluding carboxylic acids is 1. The van der Waals surface area contributed by atoms with Gasteiger partial charge in [0.2, 0.25) is 5.91 Å². The maximum absolute atomic E-state index is 11.3. The second-order valence-corrected chi connectivity index (χ2v) is 5.33. The minimum Gasteiger partial charge on any atom is -0.346 e. The lowest BCUT2D eigenvalue weighted by molar-refractivity contribution is -0.118. The molecule has 0 saturated heterocycles. The van der Waals surface area contributed by atoms with Gasteiger partial charge >= 0.3 is 0 Å². The van der Waals surface area contributed by atoms with E-state index in [4.69, 9.17) is 4.55 Å². The summed E-state index contributed by atoms with van der Waals surface area (Å²) in [4.78, 5) is 11.3. The van der Waals surface area contributed by atoms with Gasteiger partial charge in [0.15, 0.2) is 0 Å². The van der Waals surface area contributed by atoms with Gasteiger partial charge in [0.05, 0.1) is 11.3 Å². The van der Waals surface area contributed by atoms with Crippen LogP contribution in [0.4, 0.5) is 0 Å².